The van der Waals surface area contributed by atoms with Gasteiger partial charge in [-0.3, -0.25) is 14.4 Å². The summed E-state index contributed by atoms with van der Waals surface area (Å²) in [7, 11) is 0. The fourth-order valence-electron chi connectivity index (χ4n) is 5.02. The highest BCUT2D eigenvalue weighted by atomic mass is 35.5. The molecule has 1 N–H and O–H groups in total. The molecule has 0 bridgehead atoms. The van der Waals surface area contributed by atoms with Gasteiger partial charge in [0.05, 0.1) is 25.4 Å². The third kappa shape index (κ3) is 5.90. The normalized spacial score (nSPS) is 18.3. The van der Waals surface area contributed by atoms with E-state index in [4.69, 9.17) is 30.6 Å². The van der Waals surface area contributed by atoms with Crippen molar-refractivity contribution in [2.24, 2.45) is 0 Å². The van der Waals surface area contributed by atoms with Crippen LogP contribution in [0.15, 0.2) is 51.9 Å². The molecule has 39 heavy (non-hydrogen) atoms. The van der Waals surface area contributed by atoms with Crippen molar-refractivity contribution in [2.45, 2.75) is 51.0 Å². The van der Waals surface area contributed by atoms with Crippen LogP contribution in [0.4, 0.5) is 4.39 Å². The van der Waals surface area contributed by atoms with Crippen LogP contribution >= 0.6 is 11.6 Å². The van der Waals surface area contributed by atoms with Crippen LogP contribution in [0.25, 0.3) is 11.5 Å². The van der Waals surface area contributed by atoms with Gasteiger partial charge in [-0.05, 0) is 50.6 Å². The van der Waals surface area contributed by atoms with Gasteiger partial charge in [0.1, 0.15) is 23.9 Å². The van der Waals surface area contributed by atoms with Crippen LogP contribution in [0, 0.1) is 5.82 Å². The van der Waals surface area contributed by atoms with Gasteiger partial charge >= 0.3 is 5.76 Å². The van der Waals surface area contributed by atoms with E-state index in [9.17, 15) is 9.18 Å². The molecule has 204 valence electrons. The standard InChI is InChI=1S/C27H28ClFN6O4/c28-19-5-4-18(21(29)12-19)16-38-25-3-1-2-22(31-25)17-6-9-34(10-7-17)15-24-30-13-23(26-32-27(36)39-33-26)35(24)14-20-8-11-37-20/h1-5,12-13,17,20H,6-11,14-16H2,(H,32,33,36). The smallest absolute Gasteiger partial charge is 0.439 e. The molecule has 5 heterocycles. The largest absolute Gasteiger partial charge is 0.473 e. The van der Waals surface area contributed by atoms with Gasteiger partial charge in [-0.15, -0.1) is 0 Å². The van der Waals surface area contributed by atoms with Crippen molar-refractivity contribution in [1.29, 1.82) is 0 Å². The molecule has 0 spiro atoms. The molecule has 3 aromatic heterocycles. The lowest BCUT2D eigenvalue weighted by Gasteiger charge is -2.32. The van der Waals surface area contributed by atoms with Gasteiger partial charge in [0.25, 0.3) is 0 Å². The summed E-state index contributed by atoms with van der Waals surface area (Å²) in [6, 6.07) is 10.3. The minimum absolute atomic E-state index is 0.0840. The highest BCUT2D eigenvalue weighted by molar-refractivity contribution is 6.30. The van der Waals surface area contributed by atoms with Crippen LogP contribution in [0.3, 0.4) is 0 Å². The summed E-state index contributed by atoms with van der Waals surface area (Å²) < 4.78 is 32.3. The van der Waals surface area contributed by atoms with Gasteiger partial charge in [0.2, 0.25) is 11.7 Å². The van der Waals surface area contributed by atoms with E-state index in [1.807, 2.05) is 12.1 Å². The monoisotopic (exact) mass is 554 g/mol. The minimum Gasteiger partial charge on any atom is -0.473 e. The van der Waals surface area contributed by atoms with Crippen molar-refractivity contribution >= 4 is 11.6 Å². The zero-order valence-electron chi connectivity index (χ0n) is 21.2. The lowest BCUT2D eigenvalue weighted by atomic mass is 9.93. The predicted molar refractivity (Wildman–Crippen MR) is 140 cm³/mol. The second-order valence-corrected chi connectivity index (χ2v) is 10.3. The molecular formula is C27H28ClFN6O4. The number of pyridine rings is 1. The molecule has 0 aliphatic carbocycles. The van der Waals surface area contributed by atoms with E-state index in [-0.39, 0.29) is 12.7 Å². The SMILES string of the molecule is O=c1[nH]c(-c2cnc(CN3CCC(c4cccc(OCc5ccc(Cl)cc5F)n4)CC3)n2CC2CCO2)no1. The third-order valence-corrected chi connectivity index (χ3v) is 7.54. The zero-order chi connectivity index (χ0) is 26.8. The highest BCUT2D eigenvalue weighted by Crippen LogP contribution is 2.30. The zero-order valence-corrected chi connectivity index (χ0v) is 21.9. The predicted octanol–water partition coefficient (Wildman–Crippen LogP) is 4.16. The summed E-state index contributed by atoms with van der Waals surface area (Å²) in [5.41, 5.74) is 2.12. The topological polar surface area (TPSA) is 111 Å². The molecule has 0 saturated carbocycles. The maximum Gasteiger partial charge on any atom is 0.439 e. The number of benzene rings is 1. The maximum atomic E-state index is 14.1. The first-order chi connectivity index (χ1) is 19.0. The van der Waals surface area contributed by atoms with Gasteiger partial charge in [-0.1, -0.05) is 28.9 Å². The molecule has 2 aliphatic rings. The molecule has 6 rings (SSSR count). The number of ether oxygens (including phenoxy) is 2. The van der Waals surface area contributed by atoms with E-state index in [1.54, 1.807) is 24.4 Å². The molecule has 1 atom stereocenters. The summed E-state index contributed by atoms with van der Waals surface area (Å²) in [6.45, 7) is 3.93. The van der Waals surface area contributed by atoms with Crippen LogP contribution < -0.4 is 10.5 Å². The Bertz CT molecular complexity index is 1490. The molecule has 10 nitrogen and oxygen atoms in total. The van der Waals surface area contributed by atoms with Crippen LogP contribution in [0.2, 0.25) is 5.02 Å². The Morgan fingerprint density at radius 2 is 2.03 bits per heavy atom. The number of rotatable bonds is 9. The number of hydrogen-bond donors (Lipinski definition) is 1. The van der Waals surface area contributed by atoms with Crippen LogP contribution in [0.5, 0.6) is 5.88 Å². The number of aromatic amines is 1. The fourth-order valence-corrected chi connectivity index (χ4v) is 5.18. The van der Waals surface area contributed by atoms with Gasteiger partial charge in [-0.25, -0.2) is 19.2 Å². The van der Waals surface area contributed by atoms with E-state index in [0.717, 1.165) is 50.5 Å². The van der Waals surface area contributed by atoms with Gasteiger partial charge in [0.15, 0.2) is 0 Å². The minimum atomic E-state index is -0.596. The number of halogens is 2. The second kappa shape index (κ2) is 11.3. The molecule has 4 aromatic rings. The third-order valence-electron chi connectivity index (χ3n) is 7.31. The summed E-state index contributed by atoms with van der Waals surface area (Å²) in [5.74, 6) is 1.04. The number of likely N-dealkylation sites (tertiary alicyclic amines) is 1. The van der Waals surface area contributed by atoms with Crippen LogP contribution in [0.1, 0.15) is 42.3 Å². The van der Waals surface area contributed by atoms with Crippen molar-refractivity contribution in [3.8, 4) is 17.4 Å². The first-order valence-electron chi connectivity index (χ1n) is 13.0. The number of hydrogen-bond acceptors (Lipinski definition) is 8. The summed E-state index contributed by atoms with van der Waals surface area (Å²) in [6.07, 6.45) is 4.72. The number of nitrogens with one attached hydrogen (secondary N) is 1. The van der Waals surface area contributed by atoms with E-state index < -0.39 is 11.6 Å². The van der Waals surface area contributed by atoms with Crippen LogP contribution in [-0.2, 0) is 24.4 Å². The molecule has 2 saturated heterocycles. The second-order valence-electron chi connectivity index (χ2n) is 9.87. The first kappa shape index (κ1) is 25.7. The number of imidazole rings is 1. The number of aromatic nitrogens is 5. The molecular weight excluding hydrogens is 527 g/mol. The molecule has 1 unspecified atom stereocenters. The van der Waals surface area contributed by atoms with Gasteiger partial charge in [-0.2, -0.15) is 0 Å². The Morgan fingerprint density at radius 1 is 1.18 bits per heavy atom. The Hall–Kier alpha value is -3.54. The fraction of sp³-hybridized carbons (Fsp3) is 0.407. The molecule has 2 fully saturated rings. The van der Waals surface area contributed by atoms with E-state index in [2.05, 4.69) is 24.6 Å². The molecule has 1 aromatic carbocycles. The highest BCUT2D eigenvalue weighted by Gasteiger charge is 2.27. The van der Waals surface area contributed by atoms with Crippen molar-refractivity contribution in [3.63, 3.8) is 0 Å². The number of H-pyrrole nitrogens is 1. The maximum absolute atomic E-state index is 14.1. The van der Waals surface area contributed by atoms with Crippen molar-refractivity contribution in [2.75, 3.05) is 19.7 Å². The lowest BCUT2D eigenvalue weighted by molar-refractivity contribution is -0.0595. The van der Waals surface area contributed by atoms with Crippen molar-refractivity contribution in [3.05, 3.63) is 81.1 Å². The summed E-state index contributed by atoms with van der Waals surface area (Å²) in [4.78, 5) is 25.9. The average molecular weight is 555 g/mol. The van der Waals surface area contributed by atoms with Gasteiger partial charge in [0, 0.05) is 34.9 Å². The van der Waals surface area contributed by atoms with Crippen molar-refractivity contribution < 1.29 is 18.4 Å². The summed E-state index contributed by atoms with van der Waals surface area (Å²) in [5, 5.41) is 4.20. The number of nitrogens with zero attached hydrogens (tertiary/aromatic N) is 5. The average Bonchev–Trinajstić information content (AvgIpc) is 3.52. The molecule has 2 aliphatic heterocycles. The first-order valence-corrected chi connectivity index (χ1v) is 13.4. The van der Waals surface area contributed by atoms with Gasteiger partial charge < -0.3 is 14.0 Å². The van der Waals surface area contributed by atoms with Crippen molar-refractivity contribution in [1.82, 2.24) is 29.6 Å². The van der Waals surface area contributed by atoms with Crippen LogP contribution in [-0.4, -0.2) is 55.4 Å². The van der Waals surface area contributed by atoms with E-state index in [1.165, 1.54) is 6.07 Å². The Morgan fingerprint density at radius 3 is 2.74 bits per heavy atom. The molecule has 0 amide bonds. The quantitative estimate of drug-likeness (QED) is 0.328. The molecule has 0 radical (unpaired) electrons. The Balaban J connectivity index is 1.08. The lowest BCUT2D eigenvalue weighted by Crippen LogP contribution is -2.35. The Labute approximate surface area is 228 Å². The Kier molecular flexibility index (Phi) is 7.45. The van der Waals surface area contributed by atoms with E-state index in [0.29, 0.717) is 47.0 Å². The summed E-state index contributed by atoms with van der Waals surface area (Å²) >= 11 is 5.84. The van der Waals surface area contributed by atoms with E-state index >= 15 is 0 Å². The number of piperidine rings is 1. The molecule has 12 heteroatoms.